The number of nitrogens with one attached hydrogen (secondary N) is 1. The van der Waals surface area contributed by atoms with Gasteiger partial charge in [-0.3, -0.25) is 24.8 Å². The lowest BCUT2D eigenvalue weighted by Gasteiger charge is -2.25. The monoisotopic (exact) mass is 499 g/mol. The molecule has 7 nitrogen and oxygen atoms in total. The van der Waals surface area contributed by atoms with E-state index < -0.39 is 6.04 Å². The molecule has 36 heavy (non-hydrogen) atoms. The van der Waals surface area contributed by atoms with Crippen molar-refractivity contribution in [1.29, 1.82) is 0 Å². The summed E-state index contributed by atoms with van der Waals surface area (Å²) in [5.41, 5.74) is 5.33. The molecule has 3 heterocycles. The van der Waals surface area contributed by atoms with E-state index in [1.165, 1.54) is 11.3 Å². The number of thiazole rings is 1. The van der Waals surface area contributed by atoms with E-state index in [1.807, 2.05) is 56.3 Å². The summed E-state index contributed by atoms with van der Waals surface area (Å²) in [7, 11) is 0. The number of Topliss-reactive ketones (excluding diaryl/α,β-unsaturated/α-hetero) is 1. The number of hydrogen-bond donors (Lipinski definition) is 2. The van der Waals surface area contributed by atoms with Crippen LogP contribution < -0.4 is 20.4 Å². The molecule has 0 radical (unpaired) electrons. The van der Waals surface area contributed by atoms with Crippen LogP contribution in [0.2, 0.25) is 0 Å². The van der Waals surface area contributed by atoms with Crippen LogP contribution in [-0.4, -0.2) is 15.6 Å². The number of rotatable bonds is 7. The molecular formula is C28H25N3O4S. The van der Waals surface area contributed by atoms with Crippen LogP contribution in [0.25, 0.3) is 17.4 Å². The second-order valence-electron chi connectivity index (χ2n) is 8.56. The van der Waals surface area contributed by atoms with E-state index in [-0.39, 0.29) is 11.3 Å². The lowest BCUT2D eigenvalue weighted by Crippen LogP contribution is -2.39. The van der Waals surface area contributed by atoms with Gasteiger partial charge in [-0.15, -0.1) is 0 Å². The molecule has 2 aromatic heterocycles. The topological polar surface area (TPSA) is 96.8 Å². The third kappa shape index (κ3) is 4.36. The van der Waals surface area contributed by atoms with E-state index in [4.69, 9.17) is 9.62 Å². The Hall–Kier alpha value is -4.01. The van der Waals surface area contributed by atoms with Crippen LogP contribution in [0.3, 0.4) is 0 Å². The molecule has 2 N–H and O–H groups in total. The summed E-state index contributed by atoms with van der Waals surface area (Å²) < 4.78 is 8.08. The van der Waals surface area contributed by atoms with Crippen molar-refractivity contribution in [2.75, 3.05) is 5.48 Å². The van der Waals surface area contributed by atoms with Crippen molar-refractivity contribution in [3.8, 4) is 11.3 Å². The summed E-state index contributed by atoms with van der Waals surface area (Å²) in [6, 6.07) is 19.9. The van der Waals surface area contributed by atoms with Crippen molar-refractivity contribution in [3.63, 3.8) is 0 Å². The first-order chi connectivity index (χ1) is 17.5. The molecule has 0 fully saturated rings. The van der Waals surface area contributed by atoms with Gasteiger partial charge in [0, 0.05) is 29.3 Å². The van der Waals surface area contributed by atoms with Gasteiger partial charge >= 0.3 is 0 Å². The van der Waals surface area contributed by atoms with Gasteiger partial charge in [0.2, 0.25) is 0 Å². The minimum Gasteiger partial charge on any atom is -0.457 e. The van der Waals surface area contributed by atoms with Crippen LogP contribution in [0.1, 0.15) is 44.1 Å². The SMILES string of the molecule is CCCC(=O)C1=C(C)N=c2s/c(=C\c3ccc(-c4cccc(NO)c4)o3)c(=O)n2C1c1ccccc1. The Morgan fingerprint density at radius 2 is 1.97 bits per heavy atom. The highest BCUT2D eigenvalue weighted by Crippen LogP contribution is 2.31. The van der Waals surface area contributed by atoms with E-state index in [0.717, 1.165) is 17.5 Å². The van der Waals surface area contributed by atoms with Gasteiger partial charge in [-0.1, -0.05) is 60.7 Å². The number of furan rings is 1. The van der Waals surface area contributed by atoms with Crippen molar-refractivity contribution in [1.82, 2.24) is 4.57 Å². The zero-order valence-electron chi connectivity index (χ0n) is 19.9. The summed E-state index contributed by atoms with van der Waals surface area (Å²) in [6.07, 6.45) is 2.83. The van der Waals surface area contributed by atoms with Gasteiger partial charge in [0.1, 0.15) is 11.5 Å². The van der Waals surface area contributed by atoms with Crippen molar-refractivity contribution in [2.45, 2.75) is 32.7 Å². The van der Waals surface area contributed by atoms with Crippen LogP contribution in [0.15, 0.2) is 92.2 Å². The van der Waals surface area contributed by atoms with Crippen molar-refractivity contribution in [2.24, 2.45) is 4.99 Å². The van der Waals surface area contributed by atoms with Crippen molar-refractivity contribution < 1.29 is 14.4 Å². The van der Waals surface area contributed by atoms with Crippen LogP contribution >= 0.6 is 11.3 Å². The van der Waals surface area contributed by atoms with E-state index in [1.54, 1.807) is 34.9 Å². The first-order valence-electron chi connectivity index (χ1n) is 11.7. The molecule has 1 atom stereocenters. The van der Waals surface area contributed by atoms with Gasteiger partial charge in [-0.2, -0.15) is 0 Å². The summed E-state index contributed by atoms with van der Waals surface area (Å²) >= 11 is 1.28. The van der Waals surface area contributed by atoms with Crippen LogP contribution in [0, 0.1) is 0 Å². The number of carbonyl (C=O) groups is 1. The molecule has 1 aliphatic rings. The molecule has 0 spiro atoms. The normalized spacial score (nSPS) is 15.5. The number of ketones is 1. The summed E-state index contributed by atoms with van der Waals surface area (Å²) in [6.45, 7) is 3.80. The van der Waals surface area contributed by atoms with E-state index in [9.17, 15) is 9.59 Å². The standard InChI is InChI=1S/C28H25N3O4S/c1-3-8-22(32)25-17(2)29-28-31(26(25)18-9-5-4-6-10-18)27(33)24(36-28)16-21-13-14-23(35-21)19-11-7-12-20(15-19)30-34/h4-7,9-16,26,30,34H,3,8H2,1-2H3/b24-16-. The maximum Gasteiger partial charge on any atom is 0.271 e. The molecule has 1 unspecified atom stereocenters. The Morgan fingerprint density at radius 3 is 2.72 bits per heavy atom. The van der Waals surface area contributed by atoms with Gasteiger partial charge < -0.3 is 4.42 Å². The number of anilines is 1. The number of allylic oxidation sites excluding steroid dienone is 2. The zero-order chi connectivity index (χ0) is 25.2. The largest absolute Gasteiger partial charge is 0.457 e. The molecule has 4 aromatic rings. The van der Waals surface area contributed by atoms with Gasteiger partial charge in [0.25, 0.3) is 5.56 Å². The van der Waals surface area contributed by atoms with Crippen LogP contribution in [0.4, 0.5) is 5.69 Å². The summed E-state index contributed by atoms with van der Waals surface area (Å²) in [5, 5.41) is 9.17. The Balaban J connectivity index is 1.61. The molecule has 0 bridgehead atoms. The second kappa shape index (κ2) is 9.93. The molecule has 0 aliphatic carbocycles. The molecular weight excluding hydrogens is 474 g/mol. The fraction of sp³-hybridized carbons (Fsp3) is 0.179. The molecule has 0 amide bonds. The summed E-state index contributed by atoms with van der Waals surface area (Å²) in [4.78, 5) is 32.0. The first kappa shape index (κ1) is 23.7. The molecule has 1 aliphatic heterocycles. The van der Waals surface area contributed by atoms with Gasteiger partial charge in [-0.05, 0) is 43.2 Å². The number of hydrogen-bond acceptors (Lipinski definition) is 7. The number of benzene rings is 2. The predicted molar refractivity (Wildman–Crippen MR) is 140 cm³/mol. The minimum atomic E-state index is -0.524. The second-order valence-corrected chi connectivity index (χ2v) is 9.57. The fourth-order valence-electron chi connectivity index (χ4n) is 4.45. The lowest BCUT2D eigenvalue weighted by atomic mass is 9.91. The zero-order valence-corrected chi connectivity index (χ0v) is 20.7. The highest BCUT2D eigenvalue weighted by molar-refractivity contribution is 7.07. The van der Waals surface area contributed by atoms with Crippen molar-refractivity contribution in [3.05, 3.63) is 109 Å². The number of nitrogens with zero attached hydrogens (tertiary/aromatic N) is 2. The van der Waals surface area contributed by atoms with Crippen LogP contribution in [-0.2, 0) is 4.79 Å². The molecule has 0 saturated carbocycles. The highest BCUT2D eigenvalue weighted by atomic mass is 32.1. The van der Waals surface area contributed by atoms with Crippen molar-refractivity contribution >= 4 is 28.9 Å². The minimum absolute atomic E-state index is 0.0113. The molecule has 2 aromatic carbocycles. The Kier molecular flexibility index (Phi) is 6.54. The average molecular weight is 500 g/mol. The van der Waals surface area contributed by atoms with Gasteiger partial charge in [0.05, 0.1) is 16.3 Å². The lowest BCUT2D eigenvalue weighted by molar-refractivity contribution is -0.116. The van der Waals surface area contributed by atoms with Crippen LogP contribution in [0.5, 0.6) is 0 Å². The van der Waals surface area contributed by atoms with E-state index in [2.05, 4.69) is 10.5 Å². The first-order valence-corrected chi connectivity index (χ1v) is 12.5. The molecule has 5 rings (SSSR count). The Labute approximate surface area is 211 Å². The Morgan fingerprint density at radius 1 is 1.17 bits per heavy atom. The molecule has 182 valence electrons. The van der Waals surface area contributed by atoms with E-state index in [0.29, 0.717) is 44.2 Å². The smallest absolute Gasteiger partial charge is 0.271 e. The number of carbonyl (C=O) groups excluding carboxylic acids is 1. The maximum atomic E-state index is 13.7. The summed E-state index contributed by atoms with van der Waals surface area (Å²) in [5.74, 6) is 1.14. The number of aromatic nitrogens is 1. The predicted octanol–water partition coefficient (Wildman–Crippen LogP) is 4.67. The Bertz CT molecular complexity index is 1640. The molecule has 8 heteroatoms. The quantitative estimate of drug-likeness (QED) is 0.361. The molecule has 0 saturated heterocycles. The van der Waals surface area contributed by atoms with Gasteiger partial charge in [-0.25, -0.2) is 4.99 Å². The van der Waals surface area contributed by atoms with Gasteiger partial charge in [0.15, 0.2) is 10.6 Å². The average Bonchev–Trinajstić information content (AvgIpc) is 3.48. The third-order valence-corrected chi connectivity index (χ3v) is 7.07. The highest BCUT2D eigenvalue weighted by Gasteiger charge is 2.31. The number of fused-ring (bicyclic) bond motifs is 1. The fourth-order valence-corrected chi connectivity index (χ4v) is 5.47. The maximum absolute atomic E-state index is 13.7. The van der Waals surface area contributed by atoms with E-state index >= 15 is 0 Å². The third-order valence-electron chi connectivity index (χ3n) is 6.09.